The van der Waals surface area contributed by atoms with Crippen LogP contribution in [0.2, 0.25) is 5.02 Å². The lowest BCUT2D eigenvalue weighted by atomic mass is 10.2. The van der Waals surface area contributed by atoms with Crippen molar-refractivity contribution in [2.24, 2.45) is 5.10 Å². The van der Waals surface area contributed by atoms with E-state index in [1.165, 1.54) is 0 Å². The summed E-state index contributed by atoms with van der Waals surface area (Å²) in [6.07, 6.45) is 1.60. The van der Waals surface area contributed by atoms with Gasteiger partial charge in [-0.2, -0.15) is 5.10 Å². The molecule has 0 unspecified atom stereocenters. The third kappa shape index (κ3) is 5.30. The van der Waals surface area contributed by atoms with Crippen LogP contribution in [-0.2, 0) is 4.79 Å². The zero-order valence-electron chi connectivity index (χ0n) is 13.1. The lowest BCUT2D eigenvalue weighted by Crippen LogP contribution is -2.25. The van der Waals surface area contributed by atoms with Crippen LogP contribution in [0.5, 0.6) is 0 Å². The lowest BCUT2D eigenvalue weighted by molar-refractivity contribution is -0.119. The Balaban J connectivity index is 1.80. The van der Waals surface area contributed by atoms with E-state index in [1.54, 1.807) is 12.3 Å². The number of carbonyl (C=O) groups is 1. The van der Waals surface area contributed by atoms with Gasteiger partial charge in [-0.05, 0) is 29.8 Å². The minimum atomic E-state index is -0.244. The molecule has 0 heterocycles. The molecule has 2 aromatic rings. The molecule has 6 heteroatoms. The number of hydrogen-bond acceptors (Lipinski definition) is 4. The SMILES string of the molecule is CN(C)c1ccc(/C=N/NC(=O)CNc2ccccc2Cl)cc1. The molecule has 0 saturated carbocycles. The average molecular weight is 331 g/mol. The molecule has 2 rings (SSSR count). The molecule has 2 N–H and O–H groups in total. The summed E-state index contributed by atoms with van der Waals surface area (Å²) in [4.78, 5) is 13.7. The van der Waals surface area contributed by atoms with Crippen LogP contribution in [0.15, 0.2) is 53.6 Å². The maximum atomic E-state index is 11.7. The quantitative estimate of drug-likeness (QED) is 0.632. The second-order valence-electron chi connectivity index (χ2n) is 5.11. The standard InChI is InChI=1S/C17H19ClN4O/c1-22(2)14-9-7-13(8-10-14)11-20-21-17(23)12-19-16-6-4-3-5-15(16)18/h3-11,19H,12H2,1-2H3,(H,21,23)/b20-11+. The number of hydrogen-bond donors (Lipinski definition) is 2. The molecule has 1 amide bonds. The summed E-state index contributed by atoms with van der Waals surface area (Å²) in [5.41, 5.74) is 5.21. The van der Waals surface area contributed by atoms with Crippen LogP contribution in [0, 0.1) is 0 Å². The number of halogens is 1. The van der Waals surface area contributed by atoms with Crippen LogP contribution in [-0.4, -0.2) is 32.8 Å². The minimum Gasteiger partial charge on any atom is -0.378 e. The van der Waals surface area contributed by atoms with Gasteiger partial charge in [0.2, 0.25) is 0 Å². The van der Waals surface area contributed by atoms with E-state index < -0.39 is 0 Å². The van der Waals surface area contributed by atoms with E-state index in [-0.39, 0.29) is 12.5 Å². The van der Waals surface area contributed by atoms with Gasteiger partial charge in [-0.3, -0.25) is 4.79 Å². The maximum absolute atomic E-state index is 11.7. The van der Waals surface area contributed by atoms with Crippen LogP contribution in [0.4, 0.5) is 11.4 Å². The molecule has 0 bridgehead atoms. The summed E-state index contributed by atoms with van der Waals surface area (Å²) in [7, 11) is 3.96. The van der Waals surface area contributed by atoms with Gasteiger partial charge < -0.3 is 10.2 Å². The van der Waals surface area contributed by atoms with Crippen molar-refractivity contribution >= 4 is 35.1 Å². The molecular formula is C17H19ClN4O. The first-order valence-electron chi connectivity index (χ1n) is 7.14. The third-order valence-electron chi connectivity index (χ3n) is 3.13. The molecular weight excluding hydrogens is 312 g/mol. The predicted octanol–water partition coefficient (Wildman–Crippen LogP) is 2.97. The Morgan fingerprint density at radius 1 is 1.17 bits per heavy atom. The Kier molecular flexibility index (Phi) is 6.00. The normalized spacial score (nSPS) is 10.6. The van der Waals surface area contributed by atoms with Crippen molar-refractivity contribution in [3.8, 4) is 0 Å². The molecule has 5 nitrogen and oxygen atoms in total. The first-order chi connectivity index (χ1) is 11.1. The van der Waals surface area contributed by atoms with Gasteiger partial charge in [0.05, 0.1) is 23.5 Å². The minimum absolute atomic E-state index is 0.0979. The first kappa shape index (κ1) is 16.8. The summed E-state index contributed by atoms with van der Waals surface area (Å²) in [5.74, 6) is -0.244. The van der Waals surface area contributed by atoms with Gasteiger partial charge in [0.15, 0.2) is 0 Å². The van der Waals surface area contributed by atoms with E-state index in [9.17, 15) is 4.79 Å². The van der Waals surface area contributed by atoms with Crippen molar-refractivity contribution in [1.29, 1.82) is 0 Å². The summed E-state index contributed by atoms with van der Waals surface area (Å²) < 4.78 is 0. The molecule has 0 aliphatic rings. The number of para-hydroxylation sites is 1. The largest absolute Gasteiger partial charge is 0.378 e. The third-order valence-corrected chi connectivity index (χ3v) is 3.46. The fourth-order valence-electron chi connectivity index (χ4n) is 1.86. The molecule has 2 aromatic carbocycles. The van der Waals surface area contributed by atoms with Crippen LogP contribution in [0.3, 0.4) is 0 Å². The van der Waals surface area contributed by atoms with Gasteiger partial charge in [0.25, 0.3) is 5.91 Å². The second-order valence-corrected chi connectivity index (χ2v) is 5.52. The van der Waals surface area contributed by atoms with Crippen molar-refractivity contribution in [3.05, 3.63) is 59.1 Å². The molecule has 0 atom stereocenters. The molecule has 0 aliphatic carbocycles. The zero-order valence-corrected chi connectivity index (χ0v) is 13.8. The van der Waals surface area contributed by atoms with E-state index in [0.717, 1.165) is 11.3 Å². The van der Waals surface area contributed by atoms with Crippen LogP contribution in [0.1, 0.15) is 5.56 Å². The fraction of sp³-hybridized carbons (Fsp3) is 0.176. The summed E-state index contributed by atoms with van der Waals surface area (Å²) >= 11 is 6.00. The van der Waals surface area contributed by atoms with E-state index in [4.69, 9.17) is 11.6 Å². The van der Waals surface area contributed by atoms with E-state index >= 15 is 0 Å². The average Bonchev–Trinajstić information content (AvgIpc) is 2.54. The predicted molar refractivity (Wildman–Crippen MR) is 96.4 cm³/mol. The van der Waals surface area contributed by atoms with Crippen LogP contribution in [0.25, 0.3) is 0 Å². The highest BCUT2D eigenvalue weighted by Gasteiger charge is 2.02. The first-order valence-corrected chi connectivity index (χ1v) is 7.52. The Bertz CT molecular complexity index is 683. The van der Waals surface area contributed by atoms with Gasteiger partial charge >= 0.3 is 0 Å². The lowest BCUT2D eigenvalue weighted by Gasteiger charge is -2.11. The summed E-state index contributed by atoms with van der Waals surface area (Å²) in [6, 6.07) is 15.1. The number of nitrogens with zero attached hydrogens (tertiary/aromatic N) is 2. The van der Waals surface area contributed by atoms with E-state index in [1.807, 2.05) is 61.5 Å². The topological polar surface area (TPSA) is 56.7 Å². The van der Waals surface area contributed by atoms with Crippen molar-refractivity contribution in [1.82, 2.24) is 5.43 Å². The zero-order chi connectivity index (χ0) is 16.7. The maximum Gasteiger partial charge on any atom is 0.259 e. The molecule has 0 spiro atoms. The van der Waals surface area contributed by atoms with Crippen molar-refractivity contribution in [2.75, 3.05) is 30.9 Å². The van der Waals surface area contributed by atoms with Crippen molar-refractivity contribution in [3.63, 3.8) is 0 Å². The molecule has 120 valence electrons. The Morgan fingerprint density at radius 3 is 2.52 bits per heavy atom. The van der Waals surface area contributed by atoms with E-state index in [0.29, 0.717) is 10.7 Å². The number of rotatable bonds is 6. The molecule has 23 heavy (non-hydrogen) atoms. The number of benzene rings is 2. The molecule has 0 fully saturated rings. The number of hydrazone groups is 1. The highest BCUT2D eigenvalue weighted by molar-refractivity contribution is 6.33. The molecule has 0 radical (unpaired) electrons. The van der Waals surface area contributed by atoms with Crippen LogP contribution < -0.4 is 15.6 Å². The number of anilines is 2. The molecule has 0 aromatic heterocycles. The summed E-state index contributed by atoms with van der Waals surface area (Å²) in [5, 5.41) is 7.47. The Hall–Kier alpha value is -2.53. The van der Waals surface area contributed by atoms with Gasteiger partial charge in [-0.25, -0.2) is 5.43 Å². The monoisotopic (exact) mass is 330 g/mol. The molecule has 0 aliphatic heterocycles. The van der Waals surface area contributed by atoms with Gasteiger partial charge in [0.1, 0.15) is 0 Å². The summed E-state index contributed by atoms with van der Waals surface area (Å²) in [6.45, 7) is 0.0979. The van der Waals surface area contributed by atoms with Crippen LogP contribution >= 0.6 is 11.6 Å². The van der Waals surface area contributed by atoms with Gasteiger partial charge in [-0.1, -0.05) is 35.9 Å². The highest BCUT2D eigenvalue weighted by atomic mass is 35.5. The van der Waals surface area contributed by atoms with Crippen molar-refractivity contribution in [2.45, 2.75) is 0 Å². The molecule has 0 saturated heterocycles. The van der Waals surface area contributed by atoms with E-state index in [2.05, 4.69) is 15.8 Å². The highest BCUT2D eigenvalue weighted by Crippen LogP contribution is 2.19. The second kappa shape index (κ2) is 8.19. The smallest absolute Gasteiger partial charge is 0.259 e. The van der Waals surface area contributed by atoms with Gasteiger partial charge in [-0.15, -0.1) is 0 Å². The van der Waals surface area contributed by atoms with Crippen molar-refractivity contribution < 1.29 is 4.79 Å². The Morgan fingerprint density at radius 2 is 1.87 bits per heavy atom. The number of amides is 1. The van der Waals surface area contributed by atoms with Gasteiger partial charge in [0, 0.05) is 19.8 Å². The fourth-order valence-corrected chi connectivity index (χ4v) is 2.06. The number of carbonyl (C=O) groups excluding carboxylic acids is 1. The Labute approximate surface area is 141 Å². The number of nitrogens with one attached hydrogen (secondary N) is 2.